The lowest BCUT2D eigenvalue weighted by atomic mass is 10.0. The zero-order valence-corrected chi connectivity index (χ0v) is 6.77. The highest BCUT2D eigenvalue weighted by Gasteiger charge is 2.14. The van der Waals surface area contributed by atoms with Crippen LogP contribution in [0.25, 0.3) is 0 Å². The molecule has 2 aliphatic carbocycles. The fourth-order valence-electron chi connectivity index (χ4n) is 1.41. The van der Waals surface area contributed by atoms with Gasteiger partial charge in [0.05, 0.1) is 0 Å². The molecule has 0 amide bonds. The van der Waals surface area contributed by atoms with Crippen LogP contribution in [-0.2, 0) is 0 Å². The second-order valence-corrected chi connectivity index (χ2v) is 2.90. The highest BCUT2D eigenvalue weighted by Crippen LogP contribution is 2.23. The van der Waals surface area contributed by atoms with Gasteiger partial charge in [0.2, 0.25) is 0 Å². The predicted molar refractivity (Wildman–Crippen MR) is 51.6 cm³/mol. The second-order valence-electron chi connectivity index (χ2n) is 2.90. The summed E-state index contributed by atoms with van der Waals surface area (Å²) in [6, 6.07) is 0.0763. The number of hydrogen-bond acceptors (Lipinski definition) is 1. The molecule has 12 heavy (non-hydrogen) atoms. The maximum atomic E-state index is 5.86. The Bertz CT molecular complexity index is 327. The van der Waals surface area contributed by atoms with Crippen molar-refractivity contribution in [2.24, 2.45) is 5.73 Å². The standard InChI is InChI=1S/C11H11N/c12-11-8-7-9-5-3-1-2-4-6-10(9)11/h1-8,11H,12H2/b2-1?,3-1-,4-2-,5-3?,6-4?,9-5-,10-6+. The minimum absolute atomic E-state index is 0.0763. The quantitative estimate of drug-likeness (QED) is 0.570. The molecule has 0 heterocycles. The Kier molecular flexibility index (Phi) is 1.80. The van der Waals surface area contributed by atoms with Crippen molar-refractivity contribution in [2.45, 2.75) is 6.04 Å². The molecule has 1 atom stereocenters. The van der Waals surface area contributed by atoms with E-state index < -0.39 is 0 Å². The van der Waals surface area contributed by atoms with Crippen molar-refractivity contribution in [3.8, 4) is 0 Å². The molecule has 1 unspecified atom stereocenters. The van der Waals surface area contributed by atoms with Crippen LogP contribution in [-0.4, -0.2) is 6.04 Å². The van der Waals surface area contributed by atoms with Crippen molar-refractivity contribution in [2.75, 3.05) is 0 Å². The average Bonchev–Trinajstić information content (AvgIpc) is 2.31. The summed E-state index contributed by atoms with van der Waals surface area (Å²) in [5.41, 5.74) is 8.29. The van der Waals surface area contributed by atoms with Gasteiger partial charge in [0, 0.05) is 6.04 Å². The van der Waals surface area contributed by atoms with Crippen molar-refractivity contribution >= 4 is 0 Å². The summed E-state index contributed by atoms with van der Waals surface area (Å²) in [6.45, 7) is 0. The molecule has 1 heteroatoms. The summed E-state index contributed by atoms with van der Waals surface area (Å²) in [5, 5.41) is 0. The van der Waals surface area contributed by atoms with E-state index in [1.807, 2.05) is 30.4 Å². The van der Waals surface area contributed by atoms with Gasteiger partial charge in [-0.1, -0.05) is 48.6 Å². The third kappa shape index (κ3) is 1.19. The largest absolute Gasteiger partial charge is 0.321 e. The highest BCUT2D eigenvalue weighted by atomic mass is 14.6. The zero-order valence-electron chi connectivity index (χ0n) is 6.77. The Balaban J connectivity index is 2.43. The van der Waals surface area contributed by atoms with Gasteiger partial charge in [-0.2, -0.15) is 0 Å². The van der Waals surface area contributed by atoms with E-state index in [1.165, 1.54) is 11.1 Å². The van der Waals surface area contributed by atoms with Gasteiger partial charge in [0.1, 0.15) is 0 Å². The summed E-state index contributed by atoms with van der Waals surface area (Å²) < 4.78 is 0. The summed E-state index contributed by atoms with van der Waals surface area (Å²) >= 11 is 0. The molecular formula is C11H11N. The van der Waals surface area contributed by atoms with Crippen molar-refractivity contribution in [1.82, 2.24) is 0 Å². The van der Waals surface area contributed by atoms with E-state index in [0.29, 0.717) is 0 Å². The van der Waals surface area contributed by atoms with Gasteiger partial charge in [-0.3, -0.25) is 0 Å². The van der Waals surface area contributed by atoms with Gasteiger partial charge in [-0.15, -0.1) is 0 Å². The zero-order chi connectivity index (χ0) is 8.39. The Hall–Kier alpha value is -1.34. The Morgan fingerprint density at radius 1 is 1.00 bits per heavy atom. The lowest BCUT2D eigenvalue weighted by Crippen LogP contribution is -2.16. The van der Waals surface area contributed by atoms with Crippen LogP contribution in [0.3, 0.4) is 0 Å². The normalized spacial score (nSPS) is 39.9. The smallest absolute Gasteiger partial charge is 0.0490 e. The lowest BCUT2D eigenvalue weighted by Gasteiger charge is -2.05. The van der Waals surface area contributed by atoms with Crippen molar-refractivity contribution < 1.29 is 0 Å². The molecule has 0 spiro atoms. The maximum Gasteiger partial charge on any atom is 0.0490 e. The maximum absolute atomic E-state index is 5.86. The molecule has 60 valence electrons. The molecule has 2 N–H and O–H groups in total. The number of hydrogen-bond donors (Lipinski definition) is 1. The average molecular weight is 157 g/mol. The van der Waals surface area contributed by atoms with Crippen LogP contribution < -0.4 is 5.73 Å². The summed E-state index contributed by atoms with van der Waals surface area (Å²) in [5.74, 6) is 0. The first-order valence-electron chi connectivity index (χ1n) is 4.07. The molecule has 0 aliphatic heterocycles. The third-order valence-electron chi connectivity index (χ3n) is 2.06. The van der Waals surface area contributed by atoms with E-state index in [0.717, 1.165) is 0 Å². The minimum atomic E-state index is 0.0763. The molecular weight excluding hydrogens is 146 g/mol. The number of nitrogens with two attached hydrogens (primary N) is 1. The SMILES string of the molecule is NC1C=CC2=C/C=C\C=C/C=C\21. The molecule has 0 aromatic rings. The van der Waals surface area contributed by atoms with Gasteiger partial charge in [0.15, 0.2) is 0 Å². The van der Waals surface area contributed by atoms with Gasteiger partial charge >= 0.3 is 0 Å². The van der Waals surface area contributed by atoms with E-state index in [9.17, 15) is 0 Å². The van der Waals surface area contributed by atoms with Crippen LogP contribution in [0.15, 0.2) is 59.8 Å². The van der Waals surface area contributed by atoms with E-state index >= 15 is 0 Å². The van der Waals surface area contributed by atoms with Crippen molar-refractivity contribution in [3.05, 3.63) is 59.8 Å². The van der Waals surface area contributed by atoms with Gasteiger partial charge in [0.25, 0.3) is 0 Å². The van der Waals surface area contributed by atoms with Crippen LogP contribution in [0.5, 0.6) is 0 Å². The molecule has 1 nitrogen and oxygen atoms in total. The number of rotatable bonds is 0. The molecule has 0 aromatic carbocycles. The van der Waals surface area contributed by atoms with Crippen LogP contribution in [0, 0.1) is 0 Å². The van der Waals surface area contributed by atoms with Gasteiger partial charge in [-0.25, -0.2) is 0 Å². The Morgan fingerprint density at radius 3 is 2.58 bits per heavy atom. The minimum Gasteiger partial charge on any atom is -0.321 e. The first kappa shape index (κ1) is 7.32. The molecule has 0 saturated carbocycles. The lowest BCUT2D eigenvalue weighted by molar-refractivity contribution is 0.998. The molecule has 0 saturated heterocycles. The van der Waals surface area contributed by atoms with E-state index in [-0.39, 0.29) is 6.04 Å². The highest BCUT2D eigenvalue weighted by molar-refractivity contribution is 5.54. The molecule has 0 aromatic heterocycles. The molecule has 2 aliphatic rings. The summed E-state index contributed by atoms with van der Waals surface area (Å²) in [4.78, 5) is 0. The predicted octanol–water partition coefficient (Wildman–Crippen LogP) is 1.86. The molecule has 2 rings (SSSR count). The monoisotopic (exact) mass is 157 g/mol. The first-order chi connectivity index (χ1) is 5.88. The fraction of sp³-hybridized carbons (Fsp3) is 0.0909. The molecule has 0 radical (unpaired) electrons. The van der Waals surface area contributed by atoms with Crippen LogP contribution in [0.2, 0.25) is 0 Å². The first-order valence-corrected chi connectivity index (χ1v) is 4.07. The van der Waals surface area contributed by atoms with Crippen molar-refractivity contribution in [1.29, 1.82) is 0 Å². The summed E-state index contributed by atoms with van der Waals surface area (Å²) in [6.07, 6.45) is 16.3. The van der Waals surface area contributed by atoms with Gasteiger partial charge in [-0.05, 0) is 11.1 Å². The summed E-state index contributed by atoms with van der Waals surface area (Å²) in [7, 11) is 0. The topological polar surface area (TPSA) is 26.0 Å². The Morgan fingerprint density at radius 2 is 1.75 bits per heavy atom. The van der Waals surface area contributed by atoms with E-state index in [4.69, 9.17) is 5.73 Å². The second kappa shape index (κ2) is 2.95. The fourth-order valence-corrected chi connectivity index (χ4v) is 1.41. The van der Waals surface area contributed by atoms with E-state index in [1.54, 1.807) is 0 Å². The number of fused-ring (bicyclic) bond motifs is 1. The molecule has 0 fully saturated rings. The molecule has 0 bridgehead atoms. The van der Waals surface area contributed by atoms with Crippen LogP contribution >= 0.6 is 0 Å². The third-order valence-corrected chi connectivity index (χ3v) is 2.06. The van der Waals surface area contributed by atoms with Crippen LogP contribution in [0.4, 0.5) is 0 Å². The van der Waals surface area contributed by atoms with Gasteiger partial charge < -0.3 is 5.73 Å². The number of allylic oxidation sites excluding steroid dienone is 7. The van der Waals surface area contributed by atoms with E-state index in [2.05, 4.69) is 18.2 Å². The van der Waals surface area contributed by atoms with Crippen LogP contribution in [0.1, 0.15) is 0 Å². The van der Waals surface area contributed by atoms with Crippen molar-refractivity contribution in [3.63, 3.8) is 0 Å². The Labute approximate surface area is 72.3 Å².